The minimum absolute atomic E-state index is 0.154. The van der Waals surface area contributed by atoms with Crippen LogP contribution < -0.4 is 16.8 Å². The summed E-state index contributed by atoms with van der Waals surface area (Å²) in [5.74, 6) is -0.844. The molecule has 0 aliphatic carbocycles. The van der Waals surface area contributed by atoms with Gasteiger partial charge in [-0.1, -0.05) is 0 Å². The van der Waals surface area contributed by atoms with Crippen LogP contribution in [0.15, 0.2) is 16.6 Å². The maximum atomic E-state index is 13.2. The topological polar surface area (TPSA) is 81.1 Å². The van der Waals surface area contributed by atoms with Crippen LogP contribution in [-0.2, 0) is 4.79 Å². The number of nitrogens with two attached hydrogens (primary N) is 2. The molecule has 0 radical (unpaired) electrons. The molecule has 0 saturated carbocycles. The molecule has 17 heavy (non-hydrogen) atoms. The third-order valence-electron chi connectivity index (χ3n) is 2.18. The summed E-state index contributed by atoms with van der Waals surface area (Å²) in [7, 11) is 0. The average Bonchev–Trinajstić information content (AvgIpc) is 2.11. The highest BCUT2D eigenvalue weighted by Gasteiger charge is 2.21. The second-order valence-corrected chi connectivity index (χ2v) is 5.36. The van der Waals surface area contributed by atoms with E-state index in [2.05, 4.69) is 21.2 Å². The van der Waals surface area contributed by atoms with Crippen LogP contribution in [0.4, 0.5) is 15.8 Å². The monoisotopic (exact) mass is 303 g/mol. The summed E-state index contributed by atoms with van der Waals surface area (Å²) in [5, 5.41) is 3.06. The Balaban J connectivity index is 2.95. The van der Waals surface area contributed by atoms with E-state index >= 15 is 0 Å². The molecule has 0 unspecified atom stereocenters. The minimum Gasteiger partial charge on any atom is -0.397 e. The van der Waals surface area contributed by atoms with Crippen molar-refractivity contribution in [3.63, 3.8) is 0 Å². The van der Waals surface area contributed by atoms with E-state index in [1.807, 2.05) is 13.8 Å². The number of carbonyl (C=O) groups excluding carboxylic acids is 1. The van der Waals surface area contributed by atoms with Gasteiger partial charge in [0.05, 0.1) is 15.8 Å². The summed E-state index contributed by atoms with van der Waals surface area (Å²) < 4.78 is 13.5. The van der Waals surface area contributed by atoms with Gasteiger partial charge in [-0.2, -0.15) is 0 Å². The van der Waals surface area contributed by atoms with Crippen LogP contribution in [0.3, 0.4) is 0 Å². The fourth-order valence-electron chi connectivity index (χ4n) is 1.51. The number of hydrogen-bond acceptors (Lipinski definition) is 3. The first-order valence-corrected chi connectivity index (χ1v) is 5.81. The van der Waals surface area contributed by atoms with Crippen LogP contribution in [0.1, 0.15) is 20.3 Å². The van der Waals surface area contributed by atoms with Gasteiger partial charge in [-0.25, -0.2) is 4.39 Å². The summed E-state index contributed by atoms with van der Waals surface area (Å²) in [5.41, 5.74) is 11.1. The summed E-state index contributed by atoms with van der Waals surface area (Å²) in [6.45, 7) is 3.63. The standard InChI is InChI=1S/C11H15BrFN3O/c1-11(2,5-10(15)17)16-9-3-6(12)7(13)4-8(9)14/h3-4,16H,5,14H2,1-2H3,(H2,15,17). The largest absolute Gasteiger partial charge is 0.397 e. The lowest BCUT2D eigenvalue weighted by Gasteiger charge is -2.27. The van der Waals surface area contributed by atoms with Gasteiger partial charge in [0, 0.05) is 18.0 Å². The van der Waals surface area contributed by atoms with Crippen molar-refractivity contribution < 1.29 is 9.18 Å². The molecule has 0 spiro atoms. The minimum atomic E-state index is -0.544. The number of rotatable bonds is 4. The summed E-state index contributed by atoms with van der Waals surface area (Å²) in [6, 6.07) is 2.75. The predicted molar refractivity (Wildman–Crippen MR) is 70.0 cm³/mol. The van der Waals surface area contributed by atoms with Gasteiger partial charge in [-0.3, -0.25) is 4.79 Å². The van der Waals surface area contributed by atoms with Crippen LogP contribution in [0, 0.1) is 5.82 Å². The lowest BCUT2D eigenvalue weighted by molar-refractivity contribution is -0.118. The Labute approximate surface area is 108 Å². The number of anilines is 2. The number of nitrogens with one attached hydrogen (secondary N) is 1. The second-order valence-electron chi connectivity index (χ2n) is 4.51. The second kappa shape index (κ2) is 4.91. The molecule has 1 aromatic rings. The van der Waals surface area contributed by atoms with E-state index in [0.29, 0.717) is 10.2 Å². The van der Waals surface area contributed by atoms with Crippen molar-refractivity contribution in [3.8, 4) is 0 Å². The average molecular weight is 304 g/mol. The molecule has 0 aliphatic heterocycles. The molecular weight excluding hydrogens is 289 g/mol. The highest BCUT2D eigenvalue weighted by Crippen LogP contribution is 2.29. The van der Waals surface area contributed by atoms with Gasteiger partial charge in [0.2, 0.25) is 5.91 Å². The van der Waals surface area contributed by atoms with Crippen molar-refractivity contribution in [3.05, 3.63) is 22.4 Å². The van der Waals surface area contributed by atoms with E-state index in [4.69, 9.17) is 11.5 Å². The Kier molecular flexibility index (Phi) is 3.98. The molecule has 94 valence electrons. The zero-order valence-corrected chi connectivity index (χ0v) is 11.3. The molecule has 0 aliphatic rings. The van der Waals surface area contributed by atoms with Gasteiger partial charge in [0.15, 0.2) is 0 Å². The van der Waals surface area contributed by atoms with Crippen LogP contribution in [0.5, 0.6) is 0 Å². The third-order valence-corrected chi connectivity index (χ3v) is 2.79. The van der Waals surface area contributed by atoms with Crippen molar-refractivity contribution in [1.29, 1.82) is 0 Å². The quantitative estimate of drug-likeness (QED) is 0.746. The van der Waals surface area contributed by atoms with Crippen molar-refractivity contribution in [2.24, 2.45) is 5.73 Å². The van der Waals surface area contributed by atoms with Crippen LogP contribution >= 0.6 is 15.9 Å². The molecule has 0 saturated heterocycles. The van der Waals surface area contributed by atoms with Crippen LogP contribution in [-0.4, -0.2) is 11.4 Å². The lowest BCUT2D eigenvalue weighted by atomic mass is 9.99. The highest BCUT2D eigenvalue weighted by molar-refractivity contribution is 9.10. The van der Waals surface area contributed by atoms with Crippen LogP contribution in [0.2, 0.25) is 0 Å². The summed E-state index contributed by atoms with van der Waals surface area (Å²) in [4.78, 5) is 10.9. The Morgan fingerprint density at radius 1 is 1.53 bits per heavy atom. The fourth-order valence-corrected chi connectivity index (χ4v) is 1.86. The van der Waals surface area contributed by atoms with E-state index in [9.17, 15) is 9.18 Å². The zero-order valence-electron chi connectivity index (χ0n) is 9.68. The van der Waals surface area contributed by atoms with E-state index in [1.54, 1.807) is 0 Å². The summed E-state index contributed by atoms with van der Waals surface area (Å²) >= 11 is 3.08. The number of amides is 1. The Morgan fingerprint density at radius 3 is 2.65 bits per heavy atom. The maximum absolute atomic E-state index is 13.2. The molecule has 0 heterocycles. The van der Waals surface area contributed by atoms with Gasteiger partial charge >= 0.3 is 0 Å². The molecule has 1 aromatic carbocycles. The number of nitrogen functional groups attached to an aromatic ring is 1. The van der Waals surface area contributed by atoms with E-state index in [-0.39, 0.29) is 12.1 Å². The third kappa shape index (κ3) is 3.89. The normalized spacial score (nSPS) is 11.3. The fraction of sp³-hybridized carbons (Fsp3) is 0.364. The van der Waals surface area contributed by atoms with E-state index in [1.165, 1.54) is 12.1 Å². The van der Waals surface area contributed by atoms with Gasteiger partial charge in [-0.15, -0.1) is 0 Å². The number of primary amides is 1. The number of halogens is 2. The molecule has 5 N–H and O–H groups in total. The van der Waals surface area contributed by atoms with Crippen molar-refractivity contribution >= 4 is 33.2 Å². The SMILES string of the molecule is CC(C)(CC(N)=O)Nc1cc(Br)c(F)cc1N. The van der Waals surface area contributed by atoms with Crippen molar-refractivity contribution in [1.82, 2.24) is 0 Å². The Hall–Kier alpha value is -1.30. The van der Waals surface area contributed by atoms with Gasteiger partial charge in [-0.05, 0) is 35.8 Å². The first kappa shape index (κ1) is 13.8. The van der Waals surface area contributed by atoms with E-state index < -0.39 is 17.3 Å². The van der Waals surface area contributed by atoms with Crippen molar-refractivity contribution in [2.45, 2.75) is 25.8 Å². The predicted octanol–water partition coefficient (Wildman–Crippen LogP) is 2.24. The van der Waals surface area contributed by atoms with Gasteiger partial charge in [0.1, 0.15) is 5.82 Å². The Morgan fingerprint density at radius 2 is 2.12 bits per heavy atom. The number of hydrogen-bond donors (Lipinski definition) is 3. The molecule has 4 nitrogen and oxygen atoms in total. The van der Waals surface area contributed by atoms with E-state index in [0.717, 1.165) is 0 Å². The molecular formula is C11H15BrFN3O. The number of benzene rings is 1. The molecule has 1 rings (SSSR count). The Bertz CT molecular complexity index is 449. The molecule has 1 amide bonds. The highest BCUT2D eigenvalue weighted by atomic mass is 79.9. The molecule has 0 aromatic heterocycles. The molecule has 0 atom stereocenters. The zero-order chi connectivity index (χ0) is 13.2. The van der Waals surface area contributed by atoms with Gasteiger partial charge < -0.3 is 16.8 Å². The van der Waals surface area contributed by atoms with Gasteiger partial charge in [0.25, 0.3) is 0 Å². The molecule has 0 fully saturated rings. The molecule has 6 heteroatoms. The first-order valence-electron chi connectivity index (χ1n) is 5.02. The van der Waals surface area contributed by atoms with Crippen LogP contribution in [0.25, 0.3) is 0 Å². The number of carbonyl (C=O) groups is 1. The van der Waals surface area contributed by atoms with Crippen molar-refractivity contribution in [2.75, 3.05) is 11.1 Å². The molecule has 0 bridgehead atoms. The lowest BCUT2D eigenvalue weighted by Crippen LogP contribution is -2.36. The summed E-state index contributed by atoms with van der Waals surface area (Å²) in [6.07, 6.45) is 0.154. The first-order chi connectivity index (χ1) is 7.71. The smallest absolute Gasteiger partial charge is 0.219 e. The maximum Gasteiger partial charge on any atom is 0.219 e.